The zero-order chi connectivity index (χ0) is 25.7. The minimum absolute atomic E-state index is 0.250. The first-order chi connectivity index (χ1) is 17.4. The van der Waals surface area contributed by atoms with Crippen LogP contribution in [0.1, 0.15) is 27.0 Å². The van der Waals surface area contributed by atoms with Crippen molar-refractivity contribution in [2.45, 2.75) is 13.3 Å². The molecule has 184 valence electrons. The molecule has 1 fully saturated rings. The molecule has 1 aliphatic rings. The third-order valence-electron chi connectivity index (χ3n) is 5.43. The number of ether oxygens (including phenoxy) is 2. The first-order valence-corrected chi connectivity index (χ1v) is 13.1. The first kappa shape index (κ1) is 25.9. The predicted octanol–water partition coefficient (Wildman–Crippen LogP) is 5.93. The van der Waals surface area contributed by atoms with Crippen molar-refractivity contribution < 1.29 is 19.1 Å². The highest BCUT2D eigenvalue weighted by Gasteiger charge is 2.34. The largest absolute Gasteiger partial charge is 0.493 e. The maximum Gasteiger partial charge on any atom is 0.285 e. The molecule has 0 aliphatic carbocycles. The van der Waals surface area contributed by atoms with Gasteiger partial charge in [-0.05, 0) is 76.0 Å². The van der Waals surface area contributed by atoms with Gasteiger partial charge >= 0.3 is 0 Å². The van der Waals surface area contributed by atoms with Crippen LogP contribution in [0.15, 0.2) is 76.1 Å². The maximum absolute atomic E-state index is 13.0. The number of hydrogen-bond donors (Lipinski definition) is 1. The molecule has 0 spiro atoms. The van der Waals surface area contributed by atoms with Gasteiger partial charge in [-0.25, -0.2) is 0 Å². The van der Waals surface area contributed by atoms with E-state index in [1.54, 1.807) is 31.4 Å². The lowest BCUT2D eigenvalue weighted by molar-refractivity contribution is -0.123. The summed E-state index contributed by atoms with van der Waals surface area (Å²) in [7, 11) is 1.57. The Morgan fingerprint density at radius 1 is 1.14 bits per heavy atom. The third kappa shape index (κ3) is 5.98. The van der Waals surface area contributed by atoms with Crippen molar-refractivity contribution in [3.8, 4) is 11.5 Å². The molecule has 0 unspecified atom stereocenters. The number of halogens is 1. The van der Waals surface area contributed by atoms with Crippen molar-refractivity contribution in [3.63, 3.8) is 0 Å². The Balaban J connectivity index is 1.48. The lowest BCUT2D eigenvalue weighted by Gasteiger charge is -2.16. The van der Waals surface area contributed by atoms with Crippen LogP contribution in [0.25, 0.3) is 6.08 Å². The summed E-state index contributed by atoms with van der Waals surface area (Å²) in [5, 5.41) is 1.11. The number of nitrogens with one attached hydrogen (secondary N) is 1. The Bertz CT molecular complexity index is 1340. The molecule has 0 radical (unpaired) electrons. The highest BCUT2D eigenvalue weighted by atomic mass is 79.9. The molecule has 2 amide bonds. The number of carbonyl (C=O) groups excluding carboxylic acids is 2. The topological polar surface area (TPSA) is 67.9 Å². The van der Waals surface area contributed by atoms with Crippen LogP contribution in [0.5, 0.6) is 11.5 Å². The Hall–Kier alpha value is -3.14. The second kappa shape index (κ2) is 11.7. The van der Waals surface area contributed by atoms with Gasteiger partial charge in [0.2, 0.25) is 0 Å². The standard InChI is InChI=1S/C27H23BrN2O4S2/c1-17-8-6-7-11-20(17)25(31)29-30-26(32)23(36-27(30)35)16-19-14-21(28)24(22(15-19)33-2)34-13-12-18-9-4-3-5-10-18/h3-11,14-16H,12-13H2,1-2H3,(H,29,31)/b23-16-. The normalized spacial score (nSPS) is 14.3. The van der Waals surface area contributed by atoms with Crippen LogP contribution in [0.2, 0.25) is 0 Å². The number of carbonyl (C=O) groups is 2. The fraction of sp³-hybridized carbons (Fsp3) is 0.148. The SMILES string of the molecule is COc1cc(/C=C2\SC(=S)N(NC(=O)c3ccccc3C)C2=O)cc(Br)c1OCCc1ccccc1. The van der Waals surface area contributed by atoms with Gasteiger partial charge in [-0.1, -0.05) is 60.3 Å². The molecule has 1 aliphatic heterocycles. The number of hydrogen-bond acceptors (Lipinski definition) is 6. The predicted molar refractivity (Wildman–Crippen MR) is 150 cm³/mol. The average molecular weight is 584 g/mol. The van der Waals surface area contributed by atoms with Gasteiger partial charge in [-0.3, -0.25) is 15.0 Å². The van der Waals surface area contributed by atoms with E-state index < -0.39 is 11.8 Å². The second-order valence-corrected chi connectivity index (χ2v) is 10.4. The van der Waals surface area contributed by atoms with Gasteiger partial charge < -0.3 is 9.47 Å². The Morgan fingerprint density at radius 3 is 2.58 bits per heavy atom. The van der Waals surface area contributed by atoms with Crippen molar-refractivity contribution in [1.29, 1.82) is 0 Å². The van der Waals surface area contributed by atoms with Crippen LogP contribution in [0, 0.1) is 6.92 Å². The molecule has 36 heavy (non-hydrogen) atoms. The van der Waals surface area contributed by atoms with E-state index in [9.17, 15) is 9.59 Å². The number of nitrogens with zero attached hydrogens (tertiary/aromatic N) is 1. The molecule has 1 saturated heterocycles. The Labute approximate surface area is 227 Å². The first-order valence-electron chi connectivity index (χ1n) is 11.1. The molecular weight excluding hydrogens is 560 g/mol. The van der Waals surface area contributed by atoms with Crippen LogP contribution in [0.4, 0.5) is 0 Å². The summed E-state index contributed by atoms with van der Waals surface area (Å²) in [5.41, 5.74) is 5.81. The average Bonchev–Trinajstić information content (AvgIpc) is 3.13. The van der Waals surface area contributed by atoms with E-state index >= 15 is 0 Å². The fourth-order valence-electron chi connectivity index (χ4n) is 3.58. The Morgan fingerprint density at radius 2 is 1.86 bits per heavy atom. The van der Waals surface area contributed by atoms with Crippen LogP contribution in [0.3, 0.4) is 0 Å². The monoisotopic (exact) mass is 582 g/mol. The van der Waals surface area contributed by atoms with E-state index in [1.165, 1.54) is 5.56 Å². The van der Waals surface area contributed by atoms with Gasteiger partial charge in [-0.15, -0.1) is 0 Å². The summed E-state index contributed by atoms with van der Waals surface area (Å²) < 4.78 is 12.5. The molecule has 6 nitrogen and oxygen atoms in total. The summed E-state index contributed by atoms with van der Waals surface area (Å²) >= 11 is 10.0. The van der Waals surface area contributed by atoms with Crippen molar-refractivity contribution in [2.24, 2.45) is 0 Å². The van der Waals surface area contributed by atoms with E-state index in [0.29, 0.717) is 33.0 Å². The molecule has 1 N–H and O–H groups in total. The number of thioether (sulfide) groups is 1. The highest BCUT2D eigenvalue weighted by molar-refractivity contribution is 9.10. The third-order valence-corrected chi connectivity index (χ3v) is 7.32. The zero-order valence-corrected chi connectivity index (χ0v) is 22.8. The minimum Gasteiger partial charge on any atom is -0.493 e. The van der Waals surface area contributed by atoms with Crippen LogP contribution in [-0.2, 0) is 11.2 Å². The number of aryl methyl sites for hydroxylation is 1. The quantitative estimate of drug-likeness (QED) is 0.262. The van der Waals surface area contributed by atoms with Crippen molar-refractivity contribution in [2.75, 3.05) is 13.7 Å². The lowest BCUT2D eigenvalue weighted by Crippen LogP contribution is -2.45. The number of benzene rings is 3. The molecular formula is C27H23BrN2O4S2. The number of hydrazine groups is 1. The second-order valence-electron chi connectivity index (χ2n) is 7.89. The Kier molecular flexibility index (Phi) is 8.45. The fourth-order valence-corrected chi connectivity index (χ4v) is 5.34. The smallest absolute Gasteiger partial charge is 0.285 e. The summed E-state index contributed by atoms with van der Waals surface area (Å²) in [5.74, 6) is 0.327. The number of amides is 2. The van der Waals surface area contributed by atoms with Crippen LogP contribution in [-0.4, -0.2) is 34.9 Å². The van der Waals surface area contributed by atoms with Gasteiger partial charge in [0.25, 0.3) is 11.8 Å². The molecule has 3 aromatic carbocycles. The molecule has 0 aromatic heterocycles. The lowest BCUT2D eigenvalue weighted by atomic mass is 10.1. The summed E-state index contributed by atoms with van der Waals surface area (Å²) in [6, 6.07) is 20.9. The van der Waals surface area contributed by atoms with Crippen LogP contribution >= 0.6 is 39.9 Å². The molecule has 1 heterocycles. The molecule has 0 atom stereocenters. The number of methoxy groups -OCH3 is 1. The summed E-state index contributed by atoms with van der Waals surface area (Å²) in [6.07, 6.45) is 2.47. The molecule has 0 saturated carbocycles. The van der Waals surface area contributed by atoms with Gasteiger partial charge in [0.05, 0.1) is 23.1 Å². The van der Waals surface area contributed by atoms with E-state index in [2.05, 4.69) is 33.5 Å². The number of rotatable bonds is 8. The van der Waals surface area contributed by atoms with E-state index in [4.69, 9.17) is 21.7 Å². The summed E-state index contributed by atoms with van der Waals surface area (Å²) in [4.78, 5) is 26.1. The van der Waals surface area contributed by atoms with Crippen molar-refractivity contribution in [3.05, 3.63) is 98.4 Å². The molecule has 0 bridgehead atoms. The number of thiocarbonyl (C=S) groups is 1. The van der Waals surface area contributed by atoms with Crippen molar-refractivity contribution >= 4 is 62.1 Å². The van der Waals surface area contributed by atoms with E-state index in [1.807, 2.05) is 43.3 Å². The molecule has 9 heteroatoms. The maximum atomic E-state index is 13.0. The summed E-state index contributed by atoms with van der Waals surface area (Å²) in [6.45, 7) is 2.32. The van der Waals surface area contributed by atoms with E-state index in [-0.39, 0.29) is 4.32 Å². The van der Waals surface area contributed by atoms with Gasteiger partial charge in [0.15, 0.2) is 15.8 Å². The van der Waals surface area contributed by atoms with E-state index in [0.717, 1.165) is 34.3 Å². The zero-order valence-electron chi connectivity index (χ0n) is 19.6. The minimum atomic E-state index is -0.398. The molecule has 3 aromatic rings. The van der Waals surface area contributed by atoms with Crippen LogP contribution < -0.4 is 14.9 Å². The highest BCUT2D eigenvalue weighted by Crippen LogP contribution is 2.39. The van der Waals surface area contributed by atoms with Gasteiger partial charge in [0, 0.05) is 12.0 Å². The van der Waals surface area contributed by atoms with Crippen molar-refractivity contribution in [1.82, 2.24) is 10.4 Å². The van der Waals surface area contributed by atoms with Gasteiger partial charge in [-0.2, -0.15) is 5.01 Å². The molecule has 4 rings (SSSR count). The van der Waals surface area contributed by atoms with Gasteiger partial charge in [0.1, 0.15) is 0 Å².